The van der Waals surface area contributed by atoms with Gasteiger partial charge in [-0.15, -0.1) is 0 Å². The first-order chi connectivity index (χ1) is 14.3. The highest BCUT2D eigenvalue weighted by Crippen LogP contribution is 2.52. The fourth-order valence-electron chi connectivity index (χ4n) is 4.24. The summed E-state index contributed by atoms with van der Waals surface area (Å²) in [4.78, 5) is 19.1. The second-order valence-corrected chi connectivity index (χ2v) is 7.82. The molecule has 6 nitrogen and oxygen atoms in total. The zero-order valence-corrected chi connectivity index (χ0v) is 16.5. The summed E-state index contributed by atoms with van der Waals surface area (Å²) in [6.45, 7) is 0.489. The Morgan fingerprint density at radius 1 is 1.27 bits per heavy atom. The van der Waals surface area contributed by atoms with Gasteiger partial charge in [0, 0.05) is 29.3 Å². The minimum atomic E-state index is -1.46. The minimum absolute atomic E-state index is 0.0393. The second kappa shape index (κ2) is 6.52. The molecule has 154 valence electrons. The van der Waals surface area contributed by atoms with Crippen LogP contribution in [0.15, 0.2) is 47.2 Å². The quantitative estimate of drug-likeness (QED) is 0.752. The number of nitrogens with two attached hydrogens (primary N) is 1. The third-order valence-corrected chi connectivity index (χ3v) is 5.90. The molecule has 3 aliphatic heterocycles. The number of rotatable bonds is 1. The maximum absolute atomic E-state index is 15.0. The van der Waals surface area contributed by atoms with Crippen molar-refractivity contribution < 1.29 is 23.0 Å². The van der Waals surface area contributed by atoms with E-state index in [1.807, 2.05) is 0 Å². The summed E-state index contributed by atoms with van der Waals surface area (Å²) in [6, 6.07) is 6.37. The summed E-state index contributed by atoms with van der Waals surface area (Å²) in [5.41, 5.74) is 5.16. The number of fused-ring (bicyclic) bond motifs is 4. The Hall–Kier alpha value is -2.97. The van der Waals surface area contributed by atoms with Gasteiger partial charge in [-0.2, -0.15) is 0 Å². The molecule has 0 radical (unpaired) electrons. The van der Waals surface area contributed by atoms with Crippen molar-refractivity contribution in [3.63, 3.8) is 0 Å². The van der Waals surface area contributed by atoms with Crippen molar-refractivity contribution in [2.24, 2.45) is 16.6 Å². The molecule has 0 fully saturated rings. The molecule has 2 N–H and O–H groups in total. The summed E-state index contributed by atoms with van der Waals surface area (Å²) >= 11 is 5.96. The third kappa shape index (κ3) is 2.57. The number of aliphatic imine (C=N–C) groups is 1. The molecule has 0 aliphatic carbocycles. The highest BCUT2D eigenvalue weighted by atomic mass is 35.5. The largest absolute Gasteiger partial charge is 0.461 e. The van der Waals surface area contributed by atoms with Crippen LogP contribution in [0.25, 0.3) is 11.1 Å². The molecule has 3 heterocycles. The van der Waals surface area contributed by atoms with Gasteiger partial charge in [-0.25, -0.2) is 13.8 Å². The van der Waals surface area contributed by atoms with E-state index < -0.39 is 23.1 Å². The molecule has 2 aromatic rings. The summed E-state index contributed by atoms with van der Waals surface area (Å²) in [6.07, 6.45) is 1.70. The van der Waals surface area contributed by atoms with Crippen LogP contribution in [0.3, 0.4) is 0 Å². The van der Waals surface area contributed by atoms with Crippen molar-refractivity contribution in [1.29, 1.82) is 0 Å². The van der Waals surface area contributed by atoms with Crippen molar-refractivity contribution in [2.45, 2.75) is 5.54 Å². The molecular weight excluding hydrogens is 416 g/mol. The Morgan fingerprint density at radius 3 is 2.77 bits per heavy atom. The maximum atomic E-state index is 15.0. The number of carbonyl (C=O) groups is 1. The van der Waals surface area contributed by atoms with Crippen LogP contribution < -0.4 is 10.5 Å². The number of hydrogen-bond donors (Lipinski definition) is 1. The molecule has 2 unspecified atom stereocenters. The number of hydrogen-bond acceptors (Lipinski definition) is 5. The van der Waals surface area contributed by atoms with Gasteiger partial charge in [0.2, 0.25) is 0 Å². The number of ether oxygens (including phenoxy) is 2. The van der Waals surface area contributed by atoms with Gasteiger partial charge in [0.1, 0.15) is 23.1 Å². The first-order valence-electron chi connectivity index (χ1n) is 9.21. The lowest BCUT2D eigenvalue weighted by Gasteiger charge is -2.41. The molecule has 2 atom stereocenters. The number of likely N-dealkylation sites (N-methyl/N-ethyl adjacent to an activating group) is 1. The lowest BCUT2D eigenvalue weighted by Crippen LogP contribution is -2.50. The fraction of sp³-hybridized carbons (Fsp3) is 0.238. The second-order valence-electron chi connectivity index (χ2n) is 7.39. The first kappa shape index (κ1) is 19.0. The van der Waals surface area contributed by atoms with E-state index in [2.05, 4.69) is 4.99 Å². The van der Waals surface area contributed by atoms with E-state index in [9.17, 15) is 9.18 Å². The van der Waals surface area contributed by atoms with Gasteiger partial charge in [-0.05, 0) is 35.9 Å². The first-order valence-corrected chi connectivity index (χ1v) is 9.58. The molecule has 0 saturated carbocycles. The van der Waals surface area contributed by atoms with Crippen molar-refractivity contribution in [3.05, 3.63) is 64.4 Å². The maximum Gasteiger partial charge on any atom is 0.262 e. The van der Waals surface area contributed by atoms with Crippen LogP contribution in [-0.4, -0.2) is 37.0 Å². The highest BCUT2D eigenvalue weighted by Gasteiger charge is 2.59. The van der Waals surface area contributed by atoms with Crippen molar-refractivity contribution >= 4 is 23.5 Å². The molecule has 5 rings (SSSR count). The predicted molar refractivity (Wildman–Crippen MR) is 106 cm³/mol. The standard InChI is InChI=1S/C21H16ClF2N3O3/c1-27-19(28)21(26-20(27)25)14-7-13(10-4-11(22)6-12(23)5-10)16(24)8-18(14)30-17-2-3-29-9-15(17)21/h2,4-8,15H,3,9H2,1H3,(H2,25,26). The molecule has 1 amide bonds. The van der Waals surface area contributed by atoms with Gasteiger partial charge in [-0.3, -0.25) is 9.69 Å². The summed E-state index contributed by atoms with van der Waals surface area (Å²) in [5, 5.41) is 0.123. The summed E-state index contributed by atoms with van der Waals surface area (Å²) in [5.74, 6) is -1.52. The zero-order chi connectivity index (χ0) is 21.2. The molecule has 0 aromatic heterocycles. The van der Waals surface area contributed by atoms with Gasteiger partial charge in [0.15, 0.2) is 11.5 Å². The van der Waals surface area contributed by atoms with E-state index >= 15 is 4.39 Å². The smallest absolute Gasteiger partial charge is 0.262 e. The molecular formula is C21H16ClF2N3O3. The Morgan fingerprint density at radius 2 is 2.07 bits per heavy atom. The third-order valence-electron chi connectivity index (χ3n) is 5.68. The topological polar surface area (TPSA) is 77.2 Å². The predicted octanol–water partition coefficient (Wildman–Crippen LogP) is 3.19. The Kier molecular flexibility index (Phi) is 4.13. The van der Waals surface area contributed by atoms with Gasteiger partial charge in [0.25, 0.3) is 5.91 Å². The molecule has 0 saturated heterocycles. The van der Waals surface area contributed by atoms with Gasteiger partial charge >= 0.3 is 0 Å². The highest BCUT2D eigenvalue weighted by molar-refractivity contribution is 6.30. The summed E-state index contributed by atoms with van der Waals surface area (Å²) < 4.78 is 40.4. The molecule has 3 aliphatic rings. The zero-order valence-electron chi connectivity index (χ0n) is 15.8. The molecule has 9 heteroatoms. The lowest BCUT2D eigenvalue weighted by molar-refractivity contribution is -0.134. The van der Waals surface area contributed by atoms with Gasteiger partial charge < -0.3 is 15.2 Å². The Bertz CT molecular complexity index is 1150. The Labute approximate surface area is 175 Å². The van der Waals surface area contributed by atoms with E-state index in [1.54, 1.807) is 6.08 Å². The average Bonchev–Trinajstić information content (AvgIpc) is 2.92. The van der Waals surface area contributed by atoms with Crippen LogP contribution in [0.5, 0.6) is 5.75 Å². The van der Waals surface area contributed by atoms with Crippen LogP contribution in [0, 0.1) is 17.6 Å². The number of nitrogens with zero attached hydrogens (tertiary/aromatic N) is 2. The molecule has 30 heavy (non-hydrogen) atoms. The van der Waals surface area contributed by atoms with E-state index in [-0.39, 0.29) is 40.4 Å². The van der Waals surface area contributed by atoms with Crippen LogP contribution >= 0.6 is 11.6 Å². The molecule has 2 aromatic carbocycles. The van der Waals surface area contributed by atoms with E-state index in [1.165, 1.54) is 36.2 Å². The minimum Gasteiger partial charge on any atom is -0.461 e. The number of carbonyl (C=O) groups excluding carboxylic acids is 1. The monoisotopic (exact) mass is 431 g/mol. The SMILES string of the molecule is CN1C(=O)C2(N=C1N)c1cc(-c3cc(F)cc(Cl)c3)c(F)cc1OC1=CCOCC12. The Balaban J connectivity index is 1.79. The number of benzene rings is 2. The van der Waals surface area contributed by atoms with Crippen LogP contribution in [-0.2, 0) is 15.1 Å². The number of guanidine groups is 1. The van der Waals surface area contributed by atoms with Gasteiger partial charge in [-0.1, -0.05) is 11.6 Å². The van der Waals surface area contributed by atoms with Crippen LogP contribution in [0.4, 0.5) is 8.78 Å². The summed E-state index contributed by atoms with van der Waals surface area (Å²) in [7, 11) is 1.52. The van der Waals surface area contributed by atoms with Crippen LogP contribution in [0.2, 0.25) is 5.02 Å². The number of amides is 1. The van der Waals surface area contributed by atoms with E-state index in [0.29, 0.717) is 17.9 Å². The van der Waals surface area contributed by atoms with Crippen molar-refractivity contribution in [3.8, 4) is 16.9 Å². The molecule has 1 spiro atoms. The van der Waals surface area contributed by atoms with Crippen molar-refractivity contribution in [2.75, 3.05) is 20.3 Å². The van der Waals surface area contributed by atoms with Gasteiger partial charge in [0.05, 0.1) is 19.1 Å². The average molecular weight is 432 g/mol. The normalized spacial score (nSPS) is 24.9. The molecule has 0 bridgehead atoms. The lowest BCUT2D eigenvalue weighted by atomic mass is 9.73. The fourth-order valence-corrected chi connectivity index (χ4v) is 4.46. The van der Waals surface area contributed by atoms with Crippen LogP contribution in [0.1, 0.15) is 5.56 Å². The van der Waals surface area contributed by atoms with Crippen molar-refractivity contribution in [1.82, 2.24) is 4.90 Å². The van der Waals surface area contributed by atoms with E-state index in [0.717, 1.165) is 6.07 Å². The van der Waals surface area contributed by atoms with E-state index in [4.69, 9.17) is 26.8 Å². The number of halogens is 3.